The lowest BCUT2D eigenvalue weighted by Gasteiger charge is -2.12. The van der Waals surface area contributed by atoms with Crippen LogP contribution in [0.15, 0.2) is 162 Å². The summed E-state index contributed by atoms with van der Waals surface area (Å²) in [6, 6.07) is 54.5. The highest BCUT2D eigenvalue weighted by atomic mass is 16.3. The van der Waals surface area contributed by atoms with Crippen molar-refractivity contribution in [1.29, 1.82) is 0 Å². The number of hydrogen-bond acceptors (Lipinski definition) is 4. The van der Waals surface area contributed by atoms with Crippen LogP contribution in [0.3, 0.4) is 0 Å². The molecule has 5 nitrogen and oxygen atoms in total. The van der Waals surface area contributed by atoms with Gasteiger partial charge in [0.15, 0.2) is 17.5 Å². The van der Waals surface area contributed by atoms with Crippen molar-refractivity contribution in [2.45, 2.75) is 0 Å². The minimum atomic E-state index is 0.606. The summed E-state index contributed by atoms with van der Waals surface area (Å²) in [4.78, 5) is 15.1. The van der Waals surface area contributed by atoms with Gasteiger partial charge in [0.1, 0.15) is 11.2 Å². The van der Waals surface area contributed by atoms with Crippen molar-refractivity contribution in [3.8, 4) is 39.9 Å². The fourth-order valence-electron chi connectivity index (χ4n) is 7.06. The van der Waals surface area contributed by atoms with E-state index in [0.29, 0.717) is 17.5 Å². The van der Waals surface area contributed by atoms with Gasteiger partial charge < -0.3 is 8.98 Å². The van der Waals surface area contributed by atoms with Gasteiger partial charge in [-0.05, 0) is 47.9 Å². The minimum absolute atomic E-state index is 0.606. The summed E-state index contributed by atoms with van der Waals surface area (Å²) in [7, 11) is 0. The molecule has 0 amide bonds. The first-order valence-electron chi connectivity index (χ1n) is 16.0. The molecular formula is C43H26N4O. The second-order valence-corrected chi connectivity index (χ2v) is 12.0. The van der Waals surface area contributed by atoms with Crippen molar-refractivity contribution in [2.24, 2.45) is 0 Å². The predicted octanol–water partition coefficient (Wildman–Crippen LogP) is 11.0. The molecule has 0 unspecified atom stereocenters. The van der Waals surface area contributed by atoms with Gasteiger partial charge in [-0.1, -0.05) is 115 Å². The Labute approximate surface area is 275 Å². The van der Waals surface area contributed by atoms with Crippen molar-refractivity contribution >= 4 is 54.5 Å². The molecule has 0 saturated heterocycles. The molecule has 3 heterocycles. The van der Waals surface area contributed by atoms with Crippen LogP contribution in [-0.2, 0) is 0 Å². The van der Waals surface area contributed by atoms with E-state index in [9.17, 15) is 0 Å². The molecule has 0 N–H and O–H groups in total. The molecule has 48 heavy (non-hydrogen) atoms. The Morgan fingerprint density at radius 3 is 1.90 bits per heavy atom. The summed E-state index contributed by atoms with van der Waals surface area (Å²) in [5.74, 6) is 1.84. The van der Waals surface area contributed by atoms with E-state index in [1.54, 1.807) is 0 Å². The maximum atomic E-state index is 6.21. The van der Waals surface area contributed by atoms with Gasteiger partial charge >= 0.3 is 0 Å². The molecule has 0 aliphatic heterocycles. The SMILES string of the molecule is c1ccc(-c2nc(-c3ccc(-n4c5ccccc5c5ccc6ccccc6c54)cc3)nc(-c3cccc4oc5ccccc5c34)n2)cc1. The Bertz CT molecular complexity index is 2830. The fourth-order valence-corrected chi connectivity index (χ4v) is 7.06. The first-order chi connectivity index (χ1) is 23.8. The normalized spacial score (nSPS) is 11.8. The van der Waals surface area contributed by atoms with Gasteiger partial charge in [-0.25, -0.2) is 15.0 Å². The Balaban J connectivity index is 1.17. The number of benzene rings is 7. The molecular weight excluding hydrogens is 589 g/mol. The van der Waals surface area contributed by atoms with Crippen molar-refractivity contribution in [3.05, 3.63) is 158 Å². The van der Waals surface area contributed by atoms with Gasteiger partial charge in [0.25, 0.3) is 0 Å². The molecule has 10 aromatic rings. The largest absolute Gasteiger partial charge is 0.456 e. The summed E-state index contributed by atoms with van der Waals surface area (Å²) in [5.41, 5.74) is 7.85. The average Bonchev–Trinajstić information content (AvgIpc) is 3.71. The highest BCUT2D eigenvalue weighted by Gasteiger charge is 2.19. The molecule has 5 heteroatoms. The molecule has 0 saturated carbocycles. The Kier molecular flexibility index (Phi) is 5.81. The van der Waals surface area contributed by atoms with E-state index in [2.05, 4.69) is 102 Å². The number of fused-ring (bicyclic) bond motifs is 8. The minimum Gasteiger partial charge on any atom is -0.456 e. The van der Waals surface area contributed by atoms with Crippen LogP contribution < -0.4 is 0 Å². The zero-order valence-electron chi connectivity index (χ0n) is 25.7. The summed E-state index contributed by atoms with van der Waals surface area (Å²) < 4.78 is 8.58. The summed E-state index contributed by atoms with van der Waals surface area (Å²) >= 11 is 0. The number of aromatic nitrogens is 4. The molecule has 224 valence electrons. The molecule has 0 spiro atoms. The number of hydrogen-bond donors (Lipinski definition) is 0. The summed E-state index contributed by atoms with van der Waals surface area (Å²) in [5, 5.41) is 6.96. The molecule has 0 aliphatic carbocycles. The standard InChI is InChI=1S/C43H26N4O/c1-2-12-28(13-3-1)41-44-42(46-43(45-41)35-17-10-20-38-39(35)34-16-7-9-19-37(34)48-38)29-21-24-30(25-22-29)47-36-18-8-6-15-32(36)33-26-23-27-11-4-5-14-31(27)40(33)47/h1-26H. The molecule has 0 fully saturated rings. The highest BCUT2D eigenvalue weighted by molar-refractivity contribution is 6.18. The number of rotatable bonds is 4. The maximum Gasteiger partial charge on any atom is 0.164 e. The number of nitrogens with zero attached hydrogens (tertiary/aromatic N) is 4. The average molecular weight is 615 g/mol. The van der Waals surface area contributed by atoms with Crippen LogP contribution in [0.5, 0.6) is 0 Å². The second-order valence-electron chi connectivity index (χ2n) is 12.0. The predicted molar refractivity (Wildman–Crippen MR) is 195 cm³/mol. The van der Waals surface area contributed by atoms with Crippen LogP contribution in [0.4, 0.5) is 0 Å². The van der Waals surface area contributed by atoms with Gasteiger partial charge in [0.05, 0.1) is 11.0 Å². The van der Waals surface area contributed by atoms with Gasteiger partial charge in [0, 0.05) is 49.3 Å². The lowest BCUT2D eigenvalue weighted by molar-refractivity contribution is 0.669. The van der Waals surface area contributed by atoms with E-state index in [4.69, 9.17) is 19.4 Å². The first-order valence-corrected chi connectivity index (χ1v) is 16.0. The number of para-hydroxylation sites is 2. The summed E-state index contributed by atoms with van der Waals surface area (Å²) in [6.45, 7) is 0. The van der Waals surface area contributed by atoms with Crippen LogP contribution in [-0.4, -0.2) is 19.5 Å². The molecule has 0 atom stereocenters. The highest BCUT2D eigenvalue weighted by Crippen LogP contribution is 2.38. The smallest absolute Gasteiger partial charge is 0.164 e. The van der Waals surface area contributed by atoms with Gasteiger partial charge in [-0.15, -0.1) is 0 Å². The van der Waals surface area contributed by atoms with Crippen molar-refractivity contribution < 1.29 is 4.42 Å². The fraction of sp³-hybridized carbons (Fsp3) is 0. The van der Waals surface area contributed by atoms with Crippen LogP contribution in [0.2, 0.25) is 0 Å². The maximum absolute atomic E-state index is 6.21. The Morgan fingerprint density at radius 2 is 1.06 bits per heavy atom. The Morgan fingerprint density at radius 1 is 0.417 bits per heavy atom. The van der Waals surface area contributed by atoms with E-state index in [0.717, 1.165) is 44.3 Å². The lowest BCUT2D eigenvalue weighted by atomic mass is 10.1. The zero-order chi connectivity index (χ0) is 31.6. The number of furan rings is 1. The first kappa shape index (κ1) is 26.6. The molecule has 3 aromatic heterocycles. The third-order valence-electron chi connectivity index (χ3n) is 9.25. The van der Waals surface area contributed by atoms with E-state index in [-0.39, 0.29) is 0 Å². The van der Waals surface area contributed by atoms with Gasteiger partial charge in [-0.3, -0.25) is 0 Å². The van der Waals surface area contributed by atoms with E-state index >= 15 is 0 Å². The molecule has 0 aliphatic rings. The zero-order valence-corrected chi connectivity index (χ0v) is 25.7. The van der Waals surface area contributed by atoms with Crippen LogP contribution in [0.1, 0.15) is 0 Å². The van der Waals surface area contributed by atoms with Gasteiger partial charge in [-0.2, -0.15) is 0 Å². The van der Waals surface area contributed by atoms with E-state index in [1.165, 1.54) is 32.6 Å². The second kappa shape index (κ2) is 10.5. The molecule has 0 bridgehead atoms. The molecule has 7 aromatic carbocycles. The summed E-state index contributed by atoms with van der Waals surface area (Å²) in [6.07, 6.45) is 0. The van der Waals surface area contributed by atoms with E-state index in [1.807, 2.05) is 60.7 Å². The topological polar surface area (TPSA) is 56.7 Å². The molecule has 0 radical (unpaired) electrons. The van der Waals surface area contributed by atoms with Crippen molar-refractivity contribution in [2.75, 3.05) is 0 Å². The van der Waals surface area contributed by atoms with Crippen LogP contribution >= 0.6 is 0 Å². The van der Waals surface area contributed by atoms with Crippen molar-refractivity contribution in [3.63, 3.8) is 0 Å². The third-order valence-corrected chi connectivity index (χ3v) is 9.25. The third kappa shape index (κ3) is 4.08. The Hall–Kier alpha value is -6.59. The van der Waals surface area contributed by atoms with Crippen LogP contribution in [0, 0.1) is 0 Å². The monoisotopic (exact) mass is 614 g/mol. The lowest BCUT2D eigenvalue weighted by Crippen LogP contribution is -2.01. The van der Waals surface area contributed by atoms with Gasteiger partial charge in [0.2, 0.25) is 0 Å². The van der Waals surface area contributed by atoms with Crippen molar-refractivity contribution in [1.82, 2.24) is 19.5 Å². The quantitative estimate of drug-likeness (QED) is 0.198. The van der Waals surface area contributed by atoms with Crippen LogP contribution in [0.25, 0.3) is 94.4 Å². The molecule has 10 rings (SSSR count). The van der Waals surface area contributed by atoms with E-state index < -0.39 is 0 Å².